The van der Waals surface area contributed by atoms with E-state index in [-0.39, 0.29) is 17.4 Å². The minimum absolute atomic E-state index is 0.0811. The smallest absolute Gasteiger partial charge is 0.307 e. The fourth-order valence-corrected chi connectivity index (χ4v) is 2.25. The van der Waals surface area contributed by atoms with E-state index in [1.807, 2.05) is 45.1 Å². The molecular formula is C19H26N2O2. The summed E-state index contributed by atoms with van der Waals surface area (Å²) in [5.41, 5.74) is 1.28. The quantitative estimate of drug-likeness (QED) is 0.745. The largest absolute Gasteiger partial charge is 0.328 e. The van der Waals surface area contributed by atoms with Gasteiger partial charge in [0.15, 0.2) is 0 Å². The average molecular weight is 314 g/mol. The fraction of sp³-hybridized carbons (Fsp3) is 0.368. The van der Waals surface area contributed by atoms with E-state index in [2.05, 4.69) is 18.5 Å². The van der Waals surface area contributed by atoms with Crippen LogP contribution in [-0.4, -0.2) is 9.55 Å². The molecule has 0 amide bonds. The second-order valence-electron chi connectivity index (χ2n) is 5.42. The number of rotatable bonds is 0. The number of fused-ring (bicyclic) bond motifs is 1. The zero-order valence-corrected chi connectivity index (χ0v) is 14.6. The van der Waals surface area contributed by atoms with Crippen LogP contribution in [-0.2, 0) is 7.05 Å². The SMILES string of the molecule is C=C1/C=C\c2[nH]c(=O)n(C)c(=O)c2C(C)/C=C\C(C)/C=C\1.CC. The van der Waals surface area contributed by atoms with E-state index < -0.39 is 5.69 Å². The molecule has 2 unspecified atom stereocenters. The van der Waals surface area contributed by atoms with Crippen LogP contribution in [0.25, 0.3) is 6.08 Å². The first-order valence-electron chi connectivity index (χ1n) is 7.97. The molecule has 0 radical (unpaired) electrons. The van der Waals surface area contributed by atoms with Crippen molar-refractivity contribution in [1.29, 1.82) is 0 Å². The second-order valence-corrected chi connectivity index (χ2v) is 5.42. The summed E-state index contributed by atoms with van der Waals surface area (Å²) in [6, 6.07) is 0. The van der Waals surface area contributed by atoms with E-state index in [1.54, 1.807) is 12.2 Å². The van der Waals surface area contributed by atoms with Gasteiger partial charge in [-0.25, -0.2) is 4.79 Å². The van der Waals surface area contributed by atoms with Crippen LogP contribution in [0.15, 0.2) is 52.1 Å². The number of nitrogens with zero attached hydrogens (tertiary/aromatic N) is 1. The Morgan fingerprint density at radius 3 is 2.35 bits per heavy atom. The molecule has 1 aliphatic rings. The maximum absolute atomic E-state index is 12.4. The van der Waals surface area contributed by atoms with E-state index in [4.69, 9.17) is 0 Å². The molecule has 1 heterocycles. The lowest BCUT2D eigenvalue weighted by molar-refractivity contribution is 0.735. The first kappa shape index (κ1) is 18.7. The maximum atomic E-state index is 12.4. The van der Waals surface area contributed by atoms with Crippen LogP contribution in [0, 0.1) is 5.92 Å². The topological polar surface area (TPSA) is 54.9 Å². The Balaban J connectivity index is 0.00000127. The highest BCUT2D eigenvalue weighted by Crippen LogP contribution is 2.19. The summed E-state index contributed by atoms with van der Waals surface area (Å²) < 4.78 is 1.10. The Labute approximate surface area is 137 Å². The molecule has 0 fully saturated rings. The van der Waals surface area contributed by atoms with Gasteiger partial charge in [-0.1, -0.05) is 64.7 Å². The number of allylic oxidation sites excluding steroid dienone is 6. The molecule has 4 nitrogen and oxygen atoms in total. The zero-order chi connectivity index (χ0) is 17.6. The van der Waals surface area contributed by atoms with Gasteiger partial charge in [-0.3, -0.25) is 9.36 Å². The van der Waals surface area contributed by atoms with Crippen molar-refractivity contribution in [2.75, 3.05) is 0 Å². The monoisotopic (exact) mass is 314 g/mol. The average Bonchev–Trinajstić information content (AvgIpc) is 2.56. The molecule has 2 atom stereocenters. The van der Waals surface area contributed by atoms with Crippen LogP contribution < -0.4 is 11.2 Å². The van der Waals surface area contributed by atoms with Gasteiger partial charge in [0.25, 0.3) is 5.56 Å². The molecule has 0 aromatic carbocycles. The molecule has 0 spiro atoms. The predicted molar refractivity (Wildman–Crippen MR) is 97.7 cm³/mol. The summed E-state index contributed by atoms with van der Waals surface area (Å²) in [5.74, 6) is 0.174. The zero-order valence-electron chi connectivity index (χ0n) is 14.6. The summed E-state index contributed by atoms with van der Waals surface area (Å²) in [6.45, 7) is 12.0. The number of hydrogen-bond acceptors (Lipinski definition) is 2. The number of hydrogen-bond donors (Lipinski definition) is 1. The van der Waals surface area contributed by atoms with Crippen molar-refractivity contribution in [2.24, 2.45) is 13.0 Å². The van der Waals surface area contributed by atoms with Crippen LogP contribution in [0.2, 0.25) is 0 Å². The highest BCUT2D eigenvalue weighted by molar-refractivity contribution is 5.55. The van der Waals surface area contributed by atoms with Crippen molar-refractivity contribution in [1.82, 2.24) is 9.55 Å². The van der Waals surface area contributed by atoms with Gasteiger partial charge in [0, 0.05) is 18.5 Å². The van der Waals surface area contributed by atoms with Crippen molar-refractivity contribution >= 4 is 6.08 Å². The number of nitrogens with one attached hydrogen (secondary N) is 1. The second kappa shape index (κ2) is 8.32. The van der Waals surface area contributed by atoms with Crippen molar-refractivity contribution in [3.63, 3.8) is 0 Å². The Morgan fingerprint density at radius 1 is 1.04 bits per heavy atom. The van der Waals surface area contributed by atoms with Gasteiger partial charge in [-0.2, -0.15) is 0 Å². The number of H-pyrrole nitrogens is 1. The molecule has 23 heavy (non-hydrogen) atoms. The van der Waals surface area contributed by atoms with Crippen molar-refractivity contribution < 1.29 is 0 Å². The minimum Gasteiger partial charge on any atom is -0.307 e. The van der Waals surface area contributed by atoms with Crippen LogP contribution in [0.5, 0.6) is 0 Å². The molecule has 124 valence electrons. The molecule has 1 aromatic heterocycles. The van der Waals surface area contributed by atoms with Gasteiger partial charge in [0.1, 0.15) is 0 Å². The third-order valence-corrected chi connectivity index (χ3v) is 3.61. The standard InChI is InChI=1S/C17H20N2O2.C2H6/c1-11-5-6-12(2)8-10-14-15(13(3)9-7-11)16(20)19(4)17(21)18-14;1-2/h5-11,13H,2H2,1,3-4H3,(H,18,21);1-2H3/b6-5-,9-7-,10-8-;. The maximum Gasteiger partial charge on any atom is 0.328 e. The number of aromatic nitrogens is 2. The molecular weight excluding hydrogens is 288 g/mol. The van der Waals surface area contributed by atoms with Crippen molar-refractivity contribution in [3.8, 4) is 0 Å². The van der Waals surface area contributed by atoms with E-state index >= 15 is 0 Å². The summed E-state index contributed by atoms with van der Waals surface area (Å²) in [5, 5.41) is 0. The van der Waals surface area contributed by atoms with E-state index in [0.29, 0.717) is 11.3 Å². The van der Waals surface area contributed by atoms with Crippen LogP contribution in [0.4, 0.5) is 0 Å². The normalized spacial score (nSPS) is 24.5. The predicted octanol–water partition coefficient (Wildman–Crippen LogP) is 3.53. The number of aromatic amines is 1. The molecule has 1 aromatic rings. The van der Waals surface area contributed by atoms with Crippen LogP contribution in [0.1, 0.15) is 44.9 Å². The molecule has 0 aliphatic heterocycles. The lowest BCUT2D eigenvalue weighted by atomic mass is 9.98. The third-order valence-electron chi connectivity index (χ3n) is 3.61. The van der Waals surface area contributed by atoms with E-state index in [0.717, 1.165) is 10.1 Å². The summed E-state index contributed by atoms with van der Waals surface area (Å²) >= 11 is 0. The molecule has 2 rings (SSSR count). The Kier molecular flexibility index (Phi) is 6.76. The first-order chi connectivity index (χ1) is 10.9. The lowest BCUT2D eigenvalue weighted by Crippen LogP contribution is -2.36. The van der Waals surface area contributed by atoms with E-state index in [1.165, 1.54) is 7.05 Å². The van der Waals surface area contributed by atoms with Gasteiger partial charge in [0.05, 0.1) is 5.69 Å². The molecule has 0 saturated carbocycles. The fourth-order valence-electron chi connectivity index (χ4n) is 2.25. The highest BCUT2D eigenvalue weighted by atomic mass is 16.2. The third kappa shape index (κ3) is 4.55. The van der Waals surface area contributed by atoms with Crippen LogP contribution in [0.3, 0.4) is 0 Å². The molecule has 0 bridgehead atoms. The summed E-state index contributed by atoms with van der Waals surface area (Å²) in [6.07, 6.45) is 11.6. The van der Waals surface area contributed by atoms with Crippen molar-refractivity contribution in [2.45, 2.75) is 33.6 Å². The summed E-state index contributed by atoms with van der Waals surface area (Å²) in [7, 11) is 1.48. The minimum atomic E-state index is -0.413. The molecule has 0 saturated heterocycles. The molecule has 1 N–H and O–H groups in total. The molecule has 1 aliphatic carbocycles. The van der Waals surface area contributed by atoms with Gasteiger partial charge >= 0.3 is 5.69 Å². The highest BCUT2D eigenvalue weighted by Gasteiger charge is 2.15. The van der Waals surface area contributed by atoms with Gasteiger partial charge in [0.2, 0.25) is 0 Å². The first-order valence-corrected chi connectivity index (χ1v) is 7.97. The van der Waals surface area contributed by atoms with Gasteiger partial charge in [-0.15, -0.1) is 0 Å². The van der Waals surface area contributed by atoms with Crippen LogP contribution >= 0.6 is 0 Å². The Bertz CT molecular complexity index is 761. The Hall–Kier alpha value is -2.36. The van der Waals surface area contributed by atoms with Gasteiger partial charge < -0.3 is 4.98 Å². The molecule has 4 heteroatoms. The van der Waals surface area contributed by atoms with E-state index in [9.17, 15) is 9.59 Å². The Morgan fingerprint density at radius 2 is 1.70 bits per heavy atom. The van der Waals surface area contributed by atoms with Gasteiger partial charge in [-0.05, 0) is 17.6 Å². The van der Waals surface area contributed by atoms with Crippen molar-refractivity contribution in [3.05, 3.63) is 74.6 Å². The summed E-state index contributed by atoms with van der Waals surface area (Å²) in [4.78, 5) is 26.9. The lowest BCUT2D eigenvalue weighted by Gasteiger charge is -2.11.